The van der Waals surface area contributed by atoms with E-state index in [1.165, 1.54) is 18.6 Å². The van der Waals surface area contributed by atoms with Gasteiger partial charge in [-0.3, -0.25) is 11.3 Å². The lowest BCUT2D eigenvalue weighted by Gasteiger charge is -2.25. The van der Waals surface area contributed by atoms with Crippen LogP contribution < -0.4 is 11.3 Å². The molecule has 19 heavy (non-hydrogen) atoms. The smallest absolute Gasteiger partial charge is 0.130 e. The lowest BCUT2D eigenvalue weighted by molar-refractivity contribution is 0.00848. The predicted octanol–water partition coefficient (Wildman–Crippen LogP) is 2.82. The molecule has 2 rings (SSSR count). The Balaban J connectivity index is 1.95. The normalized spacial score (nSPS) is 21.3. The van der Waals surface area contributed by atoms with Crippen molar-refractivity contribution < 1.29 is 13.5 Å². The third kappa shape index (κ3) is 3.96. The Labute approximate surface area is 112 Å². The van der Waals surface area contributed by atoms with E-state index in [0.717, 1.165) is 31.9 Å². The van der Waals surface area contributed by atoms with Crippen molar-refractivity contribution in [1.82, 2.24) is 5.43 Å². The van der Waals surface area contributed by atoms with Gasteiger partial charge in [-0.2, -0.15) is 0 Å². The average Bonchev–Trinajstić information content (AvgIpc) is 2.42. The van der Waals surface area contributed by atoms with Gasteiger partial charge in [0.25, 0.3) is 0 Å². The fourth-order valence-electron chi connectivity index (χ4n) is 2.50. The third-order valence-corrected chi connectivity index (χ3v) is 3.59. The van der Waals surface area contributed by atoms with E-state index in [0.29, 0.717) is 12.0 Å². The van der Waals surface area contributed by atoms with E-state index in [9.17, 15) is 8.78 Å². The molecule has 2 unspecified atom stereocenters. The number of hydrogen-bond acceptors (Lipinski definition) is 3. The molecule has 5 heteroatoms. The van der Waals surface area contributed by atoms with E-state index in [1.54, 1.807) is 0 Å². The van der Waals surface area contributed by atoms with Crippen molar-refractivity contribution >= 4 is 0 Å². The van der Waals surface area contributed by atoms with E-state index in [4.69, 9.17) is 10.6 Å². The SMILES string of the molecule is NNC(CCC1CCCCO1)c1ccc(F)cc1F. The van der Waals surface area contributed by atoms with Crippen molar-refractivity contribution in [2.24, 2.45) is 5.84 Å². The third-order valence-electron chi connectivity index (χ3n) is 3.59. The highest BCUT2D eigenvalue weighted by Crippen LogP contribution is 2.25. The average molecular weight is 270 g/mol. The van der Waals surface area contributed by atoms with Crippen molar-refractivity contribution in [2.45, 2.75) is 44.2 Å². The molecular weight excluding hydrogens is 250 g/mol. The fraction of sp³-hybridized carbons (Fsp3) is 0.571. The monoisotopic (exact) mass is 270 g/mol. The van der Waals surface area contributed by atoms with Gasteiger partial charge in [-0.25, -0.2) is 8.78 Å². The Morgan fingerprint density at radius 3 is 2.84 bits per heavy atom. The van der Waals surface area contributed by atoms with Gasteiger partial charge in [0.15, 0.2) is 0 Å². The molecule has 3 nitrogen and oxygen atoms in total. The van der Waals surface area contributed by atoms with Crippen LogP contribution in [0.2, 0.25) is 0 Å². The molecule has 0 spiro atoms. The molecule has 3 N–H and O–H groups in total. The van der Waals surface area contributed by atoms with E-state index in [1.807, 2.05) is 0 Å². The van der Waals surface area contributed by atoms with Gasteiger partial charge in [-0.15, -0.1) is 0 Å². The van der Waals surface area contributed by atoms with Gasteiger partial charge in [-0.1, -0.05) is 6.07 Å². The quantitative estimate of drug-likeness (QED) is 0.639. The molecule has 1 aliphatic heterocycles. The van der Waals surface area contributed by atoms with E-state index >= 15 is 0 Å². The van der Waals surface area contributed by atoms with Crippen LogP contribution in [0.1, 0.15) is 43.7 Å². The minimum Gasteiger partial charge on any atom is -0.378 e. The summed E-state index contributed by atoms with van der Waals surface area (Å²) >= 11 is 0. The number of hydrogen-bond donors (Lipinski definition) is 2. The van der Waals surface area contributed by atoms with Crippen LogP contribution in [0.5, 0.6) is 0 Å². The van der Waals surface area contributed by atoms with Gasteiger partial charge in [0.1, 0.15) is 11.6 Å². The van der Waals surface area contributed by atoms with Crippen LogP contribution in [-0.2, 0) is 4.74 Å². The van der Waals surface area contributed by atoms with Crippen LogP contribution in [0.3, 0.4) is 0 Å². The van der Waals surface area contributed by atoms with Crippen molar-refractivity contribution in [3.63, 3.8) is 0 Å². The van der Waals surface area contributed by atoms with Crippen LogP contribution in [0.15, 0.2) is 18.2 Å². The molecule has 1 aromatic rings. The highest BCUT2D eigenvalue weighted by Gasteiger charge is 2.19. The molecule has 0 bridgehead atoms. The van der Waals surface area contributed by atoms with Crippen molar-refractivity contribution in [2.75, 3.05) is 6.61 Å². The number of nitrogens with two attached hydrogens (primary N) is 1. The van der Waals surface area contributed by atoms with Crippen molar-refractivity contribution in [1.29, 1.82) is 0 Å². The summed E-state index contributed by atoms with van der Waals surface area (Å²) < 4.78 is 32.2. The highest BCUT2D eigenvalue weighted by molar-refractivity contribution is 5.22. The van der Waals surface area contributed by atoms with Gasteiger partial charge < -0.3 is 4.74 Å². The van der Waals surface area contributed by atoms with E-state index in [2.05, 4.69) is 5.43 Å². The van der Waals surface area contributed by atoms with Gasteiger partial charge in [0.05, 0.1) is 6.10 Å². The van der Waals surface area contributed by atoms with Crippen LogP contribution >= 0.6 is 0 Å². The first-order valence-electron chi connectivity index (χ1n) is 6.73. The van der Waals surface area contributed by atoms with Crippen LogP contribution in [0.4, 0.5) is 8.78 Å². The molecule has 106 valence electrons. The maximum atomic E-state index is 13.7. The summed E-state index contributed by atoms with van der Waals surface area (Å²) in [6, 6.07) is 3.26. The zero-order chi connectivity index (χ0) is 13.7. The summed E-state index contributed by atoms with van der Waals surface area (Å²) in [5.74, 6) is 4.34. The molecule has 0 amide bonds. The first kappa shape index (κ1) is 14.4. The standard InChI is InChI=1S/C14H20F2N2O/c15-10-4-6-12(13(16)9-10)14(18-17)7-5-11-3-1-2-8-19-11/h4,6,9,11,14,18H,1-3,5,7-8,17H2. The summed E-state index contributed by atoms with van der Waals surface area (Å²) in [5.41, 5.74) is 3.00. The largest absolute Gasteiger partial charge is 0.378 e. The molecule has 1 saturated heterocycles. The zero-order valence-corrected chi connectivity index (χ0v) is 10.9. The van der Waals surface area contributed by atoms with E-state index in [-0.39, 0.29) is 12.1 Å². The van der Waals surface area contributed by atoms with Crippen molar-refractivity contribution in [3.8, 4) is 0 Å². The maximum absolute atomic E-state index is 13.7. The number of ether oxygens (including phenoxy) is 1. The second kappa shape index (κ2) is 6.93. The number of rotatable bonds is 5. The second-order valence-electron chi connectivity index (χ2n) is 4.95. The van der Waals surface area contributed by atoms with Crippen LogP contribution in [0, 0.1) is 11.6 Å². The summed E-state index contributed by atoms with van der Waals surface area (Å²) in [5, 5.41) is 0. The van der Waals surface area contributed by atoms with E-state index < -0.39 is 11.6 Å². The Hall–Kier alpha value is -1.04. The Kier molecular flexibility index (Phi) is 5.24. The Morgan fingerprint density at radius 2 is 2.21 bits per heavy atom. The molecule has 0 aliphatic carbocycles. The second-order valence-corrected chi connectivity index (χ2v) is 4.95. The summed E-state index contributed by atoms with van der Waals surface area (Å²) in [7, 11) is 0. The number of halogens is 2. The van der Waals surface area contributed by atoms with Gasteiger partial charge in [0, 0.05) is 24.3 Å². The maximum Gasteiger partial charge on any atom is 0.130 e. The molecule has 0 aromatic heterocycles. The van der Waals surface area contributed by atoms with Crippen LogP contribution in [0.25, 0.3) is 0 Å². The van der Waals surface area contributed by atoms with Crippen LogP contribution in [-0.4, -0.2) is 12.7 Å². The molecule has 1 aromatic carbocycles. The lowest BCUT2D eigenvalue weighted by Crippen LogP contribution is -2.30. The summed E-state index contributed by atoms with van der Waals surface area (Å²) in [6.45, 7) is 0.802. The Morgan fingerprint density at radius 1 is 1.37 bits per heavy atom. The predicted molar refractivity (Wildman–Crippen MR) is 69.2 cm³/mol. The van der Waals surface area contributed by atoms with Gasteiger partial charge >= 0.3 is 0 Å². The number of benzene rings is 1. The fourth-order valence-corrected chi connectivity index (χ4v) is 2.50. The molecule has 1 aliphatic rings. The molecule has 1 fully saturated rings. The molecule has 0 radical (unpaired) electrons. The number of hydrazine groups is 1. The summed E-state index contributed by atoms with van der Waals surface area (Å²) in [4.78, 5) is 0. The minimum atomic E-state index is -0.576. The van der Waals surface area contributed by atoms with Gasteiger partial charge in [-0.05, 0) is 38.2 Å². The van der Waals surface area contributed by atoms with Gasteiger partial charge in [0.2, 0.25) is 0 Å². The first-order valence-corrected chi connectivity index (χ1v) is 6.73. The first-order chi connectivity index (χ1) is 9.20. The molecule has 2 atom stereocenters. The number of nitrogens with one attached hydrogen (secondary N) is 1. The molecule has 1 heterocycles. The molecular formula is C14H20F2N2O. The topological polar surface area (TPSA) is 47.3 Å². The minimum absolute atomic E-state index is 0.230. The zero-order valence-electron chi connectivity index (χ0n) is 10.9. The van der Waals surface area contributed by atoms with Crippen molar-refractivity contribution in [3.05, 3.63) is 35.4 Å². The Bertz CT molecular complexity index is 408. The highest BCUT2D eigenvalue weighted by atomic mass is 19.1. The lowest BCUT2D eigenvalue weighted by atomic mass is 9.97. The summed E-state index contributed by atoms with van der Waals surface area (Å²) in [6.07, 6.45) is 5.06. The molecule has 0 saturated carbocycles.